The molecule has 0 saturated carbocycles. The van der Waals surface area contributed by atoms with Crippen LogP contribution in [0.15, 0.2) is 72.4 Å². The number of carbonyl (C=O) groups excluding carboxylic acids is 1. The first kappa shape index (κ1) is 16.2. The van der Waals surface area contributed by atoms with E-state index in [2.05, 4.69) is 20.4 Å². The Bertz CT molecular complexity index is 997. The summed E-state index contributed by atoms with van der Waals surface area (Å²) in [5.74, 6) is 0.655. The van der Waals surface area contributed by atoms with Gasteiger partial charge >= 0.3 is 0 Å². The Morgan fingerprint density at radius 1 is 1.08 bits per heavy atom. The third-order valence-corrected chi connectivity index (χ3v) is 4.61. The Balaban J connectivity index is 1.67. The minimum atomic E-state index is -0.274. The highest BCUT2D eigenvalue weighted by Crippen LogP contribution is 2.23. The number of thiophene rings is 1. The fourth-order valence-electron chi connectivity index (χ4n) is 2.47. The maximum absolute atomic E-state index is 12.8. The van der Waals surface area contributed by atoms with Crippen molar-refractivity contribution in [2.24, 2.45) is 0 Å². The molecule has 1 N–H and O–H groups in total. The van der Waals surface area contributed by atoms with E-state index in [1.165, 1.54) is 22.2 Å². The van der Waals surface area contributed by atoms with E-state index < -0.39 is 0 Å². The van der Waals surface area contributed by atoms with E-state index in [9.17, 15) is 4.79 Å². The minimum absolute atomic E-state index is 0.274. The van der Waals surface area contributed by atoms with Crippen LogP contribution in [0.25, 0.3) is 10.7 Å². The number of pyridine rings is 1. The third-order valence-electron chi connectivity index (χ3n) is 3.74. The van der Waals surface area contributed by atoms with Gasteiger partial charge in [0.1, 0.15) is 0 Å². The zero-order valence-electron chi connectivity index (χ0n) is 13.7. The largest absolute Gasteiger partial charge is 0.350 e. The average Bonchev–Trinajstić information content (AvgIpc) is 3.37. The predicted molar refractivity (Wildman–Crippen MR) is 101 cm³/mol. The molecule has 128 valence electrons. The van der Waals surface area contributed by atoms with Crippen molar-refractivity contribution < 1.29 is 4.79 Å². The van der Waals surface area contributed by atoms with Crippen LogP contribution < -0.4 is 5.32 Å². The minimum Gasteiger partial charge on any atom is -0.350 e. The van der Waals surface area contributed by atoms with Gasteiger partial charge in [0.2, 0.25) is 5.95 Å². The monoisotopic (exact) mass is 361 g/mol. The highest BCUT2D eigenvalue weighted by atomic mass is 32.1. The van der Waals surface area contributed by atoms with Gasteiger partial charge in [-0.25, -0.2) is 0 Å². The Kier molecular flexibility index (Phi) is 4.53. The van der Waals surface area contributed by atoms with Crippen molar-refractivity contribution in [3.8, 4) is 10.7 Å². The molecule has 6 nitrogen and oxygen atoms in total. The van der Waals surface area contributed by atoms with E-state index in [0.717, 1.165) is 10.4 Å². The molecule has 0 spiro atoms. The van der Waals surface area contributed by atoms with Crippen molar-refractivity contribution in [3.05, 3.63) is 83.5 Å². The smallest absolute Gasteiger partial charge is 0.282 e. The quantitative estimate of drug-likeness (QED) is 0.587. The molecule has 0 aliphatic carbocycles. The van der Waals surface area contributed by atoms with Crippen LogP contribution in [0.1, 0.15) is 15.9 Å². The Hall–Kier alpha value is -3.32. The number of anilines is 1. The van der Waals surface area contributed by atoms with E-state index in [-0.39, 0.29) is 5.91 Å². The molecule has 4 rings (SSSR count). The summed E-state index contributed by atoms with van der Waals surface area (Å²) in [7, 11) is 0. The molecular weight excluding hydrogens is 346 g/mol. The second kappa shape index (κ2) is 7.28. The molecule has 0 fully saturated rings. The molecule has 4 aromatic rings. The second-order valence-electron chi connectivity index (χ2n) is 5.53. The maximum Gasteiger partial charge on any atom is 0.282 e. The van der Waals surface area contributed by atoms with Crippen LogP contribution in [0.3, 0.4) is 0 Å². The summed E-state index contributed by atoms with van der Waals surface area (Å²) < 4.78 is 1.30. The standard InChI is InChI=1S/C19H15N5OS/c25-18(15-8-4-10-20-13-15)24-19(21-12-14-6-2-1-3-7-14)22-17(23-24)16-9-5-11-26-16/h1-11,13H,12H2,(H,21,22,23). The van der Waals surface area contributed by atoms with Crippen molar-refractivity contribution >= 4 is 23.2 Å². The molecule has 0 radical (unpaired) electrons. The predicted octanol–water partition coefficient (Wildman–Crippen LogP) is 3.70. The van der Waals surface area contributed by atoms with Crippen LogP contribution in [0.4, 0.5) is 5.95 Å². The van der Waals surface area contributed by atoms with E-state index in [1.807, 2.05) is 47.8 Å². The zero-order valence-corrected chi connectivity index (χ0v) is 14.6. The van der Waals surface area contributed by atoms with Crippen molar-refractivity contribution in [2.45, 2.75) is 6.54 Å². The number of nitrogens with zero attached hydrogens (tertiary/aromatic N) is 4. The molecule has 0 bridgehead atoms. The van der Waals surface area contributed by atoms with Crippen LogP contribution in [-0.2, 0) is 6.54 Å². The second-order valence-corrected chi connectivity index (χ2v) is 6.48. The number of carbonyl (C=O) groups is 1. The molecule has 0 aliphatic heterocycles. The first-order valence-corrected chi connectivity index (χ1v) is 8.93. The van der Waals surface area contributed by atoms with Crippen LogP contribution in [0.2, 0.25) is 0 Å². The highest BCUT2D eigenvalue weighted by Gasteiger charge is 2.19. The summed E-state index contributed by atoms with van der Waals surface area (Å²) >= 11 is 1.53. The molecule has 0 amide bonds. The van der Waals surface area contributed by atoms with Gasteiger partial charge in [0, 0.05) is 18.9 Å². The number of rotatable bonds is 5. The van der Waals surface area contributed by atoms with Gasteiger partial charge in [0.25, 0.3) is 5.91 Å². The van der Waals surface area contributed by atoms with E-state index in [4.69, 9.17) is 0 Å². The maximum atomic E-state index is 12.8. The summed E-state index contributed by atoms with van der Waals surface area (Å²) in [6.45, 7) is 0.545. The summed E-state index contributed by atoms with van der Waals surface area (Å²) in [6, 6.07) is 17.2. The van der Waals surface area contributed by atoms with Gasteiger partial charge < -0.3 is 5.32 Å². The molecular formula is C19H15N5OS. The topological polar surface area (TPSA) is 72.7 Å². The SMILES string of the molecule is O=C(c1cccnc1)n1nc(-c2cccs2)nc1NCc1ccccc1. The first-order chi connectivity index (χ1) is 12.8. The lowest BCUT2D eigenvalue weighted by atomic mass is 10.2. The molecule has 0 unspecified atom stereocenters. The molecule has 26 heavy (non-hydrogen) atoms. The first-order valence-electron chi connectivity index (χ1n) is 8.05. The molecule has 7 heteroatoms. The fourth-order valence-corrected chi connectivity index (χ4v) is 3.12. The molecule has 0 saturated heterocycles. The molecule has 0 aliphatic rings. The van der Waals surface area contributed by atoms with Gasteiger partial charge in [-0.15, -0.1) is 16.4 Å². The summed E-state index contributed by atoms with van der Waals surface area (Å²) in [5, 5.41) is 9.59. The summed E-state index contributed by atoms with van der Waals surface area (Å²) in [6.07, 6.45) is 3.15. The van der Waals surface area contributed by atoms with E-state index >= 15 is 0 Å². The van der Waals surface area contributed by atoms with Crippen LogP contribution >= 0.6 is 11.3 Å². The van der Waals surface area contributed by atoms with Crippen molar-refractivity contribution in [3.63, 3.8) is 0 Å². The van der Waals surface area contributed by atoms with Gasteiger partial charge in [-0.2, -0.15) is 9.67 Å². The number of aromatic nitrogens is 4. The lowest BCUT2D eigenvalue weighted by Gasteiger charge is -2.07. The Labute approximate surface area is 154 Å². The van der Waals surface area contributed by atoms with Gasteiger partial charge in [0.15, 0.2) is 5.82 Å². The number of benzene rings is 1. The highest BCUT2D eigenvalue weighted by molar-refractivity contribution is 7.13. The van der Waals surface area contributed by atoms with Crippen molar-refractivity contribution in [1.82, 2.24) is 19.7 Å². The lowest BCUT2D eigenvalue weighted by Crippen LogP contribution is -2.17. The van der Waals surface area contributed by atoms with Gasteiger partial charge in [-0.05, 0) is 29.1 Å². The fraction of sp³-hybridized carbons (Fsp3) is 0.0526. The van der Waals surface area contributed by atoms with Gasteiger partial charge in [-0.3, -0.25) is 9.78 Å². The summed E-state index contributed by atoms with van der Waals surface area (Å²) in [5.41, 5.74) is 1.55. The molecule has 3 aromatic heterocycles. The molecule has 0 atom stereocenters. The van der Waals surface area contributed by atoms with Crippen LogP contribution in [-0.4, -0.2) is 25.7 Å². The van der Waals surface area contributed by atoms with Crippen molar-refractivity contribution in [2.75, 3.05) is 5.32 Å². The number of hydrogen-bond donors (Lipinski definition) is 1. The number of nitrogens with one attached hydrogen (secondary N) is 1. The number of hydrogen-bond acceptors (Lipinski definition) is 6. The summed E-state index contributed by atoms with van der Waals surface area (Å²) in [4.78, 5) is 22.3. The zero-order chi connectivity index (χ0) is 17.8. The molecule has 1 aromatic carbocycles. The van der Waals surface area contributed by atoms with Crippen LogP contribution in [0.5, 0.6) is 0 Å². The van der Waals surface area contributed by atoms with Crippen LogP contribution in [0, 0.1) is 0 Å². The van der Waals surface area contributed by atoms with Crippen molar-refractivity contribution in [1.29, 1.82) is 0 Å². The average molecular weight is 361 g/mol. The van der Waals surface area contributed by atoms with E-state index in [0.29, 0.717) is 23.9 Å². The lowest BCUT2D eigenvalue weighted by molar-refractivity contribution is 0.0947. The Morgan fingerprint density at radius 2 is 1.96 bits per heavy atom. The normalized spacial score (nSPS) is 10.6. The Morgan fingerprint density at radius 3 is 2.69 bits per heavy atom. The van der Waals surface area contributed by atoms with E-state index in [1.54, 1.807) is 18.3 Å². The molecule has 3 heterocycles. The van der Waals surface area contributed by atoms with Gasteiger partial charge in [-0.1, -0.05) is 36.4 Å². The third kappa shape index (κ3) is 3.38. The van der Waals surface area contributed by atoms with Gasteiger partial charge in [0.05, 0.1) is 10.4 Å².